The topological polar surface area (TPSA) is 96.0 Å². The molecule has 140 valence electrons. The molecule has 7 nitrogen and oxygen atoms in total. The Balaban J connectivity index is 3.42. The summed E-state index contributed by atoms with van der Waals surface area (Å²) in [6, 6.07) is 2.50. The van der Waals surface area contributed by atoms with Gasteiger partial charge in [0.05, 0.1) is 12.7 Å². The molecule has 0 fully saturated rings. The summed E-state index contributed by atoms with van der Waals surface area (Å²) in [4.78, 5) is 23.7. The maximum atomic E-state index is 12.5. The van der Waals surface area contributed by atoms with Crippen molar-refractivity contribution in [1.29, 1.82) is 0 Å². The van der Waals surface area contributed by atoms with E-state index in [2.05, 4.69) is 8.92 Å². The fraction of sp³-hybridized carbons (Fsp3) is 0.429. The van der Waals surface area contributed by atoms with Crippen LogP contribution in [0.3, 0.4) is 0 Å². The molecule has 0 saturated carbocycles. The van der Waals surface area contributed by atoms with E-state index in [1.165, 1.54) is 20.8 Å². The molecule has 0 unspecified atom stereocenters. The van der Waals surface area contributed by atoms with Gasteiger partial charge < -0.3 is 13.7 Å². The van der Waals surface area contributed by atoms with Crippen molar-refractivity contribution >= 4 is 22.1 Å². The minimum absolute atomic E-state index is 0.208. The number of alkyl halides is 3. The highest BCUT2D eigenvalue weighted by Crippen LogP contribution is 2.30. The van der Waals surface area contributed by atoms with Gasteiger partial charge in [-0.1, -0.05) is 0 Å². The van der Waals surface area contributed by atoms with Crippen molar-refractivity contribution < 1.29 is 44.8 Å². The van der Waals surface area contributed by atoms with Crippen LogP contribution in [0.15, 0.2) is 18.2 Å². The van der Waals surface area contributed by atoms with E-state index in [4.69, 9.17) is 4.74 Å². The third-order valence-electron chi connectivity index (χ3n) is 2.50. The highest BCUT2D eigenvalue weighted by molar-refractivity contribution is 7.88. The van der Waals surface area contributed by atoms with E-state index in [-0.39, 0.29) is 5.56 Å². The normalized spacial score (nSPS) is 12.4. The van der Waals surface area contributed by atoms with Crippen LogP contribution in [0.4, 0.5) is 13.2 Å². The molecular weight excluding hydrogens is 369 g/mol. The monoisotopic (exact) mass is 384 g/mol. The molecule has 0 atom stereocenters. The van der Waals surface area contributed by atoms with Crippen LogP contribution in [0, 0.1) is 0 Å². The molecule has 0 N–H and O–H groups in total. The van der Waals surface area contributed by atoms with Crippen molar-refractivity contribution in [3.8, 4) is 5.75 Å². The molecule has 0 radical (unpaired) electrons. The van der Waals surface area contributed by atoms with E-state index in [0.29, 0.717) is 0 Å². The van der Waals surface area contributed by atoms with E-state index in [0.717, 1.165) is 25.3 Å². The second-order valence-corrected chi connectivity index (χ2v) is 7.23. The number of esters is 2. The Morgan fingerprint density at radius 2 is 1.60 bits per heavy atom. The number of rotatable bonds is 4. The van der Waals surface area contributed by atoms with Crippen LogP contribution in [0.25, 0.3) is 0 Å². The highest BCUT2D eigenvalue weighted by Gasteiger charge is 2.49. The number of methoxy groups -OCH3 is 1. The smallest absolute Gasteiger partial charge is 0.465 e. The molecule has 1 rings (SSSR count). The van der Waals surface area contributed by atoms with Gasteiger partial charge in [-0.2, -0.15) is 21.6 Å². The van der Waals surface area contributed by atoms with Crippen molar-refractivity contribution in [1.82, 2.24) is 0 Å². The maximum absolute atomic E-state index is 12.5. The summed E-state index contributed by atoms with van der Waals surface area (Å²) in [6.45, 7) is 4.46. The standard InChI is InChI=1S/C14H15F3O7S/c1-13(2,3)23-12(19)9-7-8(11(18)22-4)5-6-10(9)24-25(20,21)14(15,16)17/h5-7H,1-4H3. The van der Waals surface area contributed by atoms with Gasteiger partial charge in [-0.3, -0.25) is 0 Å². The Morgan fingerprint density at radius 1 is 1.04 bits per heavy atom. The summed E-state index contributed by atoms with van der Waals surface area (Å²) >= 11 is 0. The highest BCUT2D eigenvalue weighted by atomic mass is 32.2. The van der Waals surface area contributed by atoms with Gasteiger partial charge in [0.25, 0.3) is 0 Å². The van der Waals surface area contributed by atoms with Gasteiger partial charge in [-0.15, -0.1) is 0 Å². The van der Waals surface area contributed by atoms with Gasteiger partial charge in [-0.05, 0) is 39.0 Å². The SMILES string of the molecule is COC(=O)c1ccc(OS(=O)(=O)C(F)(F)F)c(C(=O)OC(C)(C)C)c1. The number of benzene rings is 1. The molecule has 0 aliphatic carbocycles. The summed E-state index contributed by atoms with van der Waals surface area (Å²) in [5.74, 6) is -3.00. The van der Waals surface area contributed by atoms with E-state index >= 15 is 0 Å². The molecule has 0 saturated heterocycles. The fourth-order valence-corrected chi connectivity index (χ4v) is 1.98. The van der Waals surface area contributed by atoms with Crippen molar-refractivity contribution in [2.45, 2.75) is 31.9 Å². The molecule has 1 aromatic rings. The van der Waals surface area contributed by atoms with E-state index in [1.54, 1.807) is 0 Å². The molecule has 25 heavy (non-hydrogen) atoms. The number of carbonyl (C=O) groups is 2. The van der Waals surface area contributed by atoms with Crippen LogP contribution in [0.2, 0.25) is 0 Å². The third-order valence-corrected chi connectivity index (χ3v) is 3.47. The second-order valence-electron chi connectivity index (χ2n) is 5.69. The third kappa shape index (κ3) is 5.34. The van der Waals surface area contributed by atoms with Gasteiger partial charge in [0.1, 0.15) is 11.2 Å². The Kier molecular flexibility index (Phi) is 5.73. The summed E-state index contributed by atoms with van der Waals surface area (Å²) in [5, 5.41) is 0. The fourth-order valence-electron chi connectivity index (χ4n) is 1.51. The molecule has 11 heteroatoms. The summed E-state index contributed by atoms with van der Waals surface area (Å²) < 4.78 is 73.2. The lowest BCUT2D eigenvalue weighted by molar-refractivity contribution is -0.0501. The first-order valence-corrected chi connectivity index (χ1v) is 8.05. The lowest BCUT2D eigenvalue weighted by atomic mass is 10.1. The average molecular weight is 384 g/mol. The molecular formula is C14H15F3O7S. The van der Waals surface area contributed by atoms with Gasteiger partial charge in [0.15, 0.2) is 5.75 Å². The zero-order valence-electron chi connectivity index (χ0n) is 13.6. The van der Waals surface area contributed by atoms with E-state index in [9.17, 15) is 31.2 Å². The maximum Gasteiger partial charge on any atom is 0.534 e. The average Bonchev–Trinajstić information content (AvgIpc) is 2.43. The van der Waals surface area contributed by atoms with Crippen molar-refractivity contribution in [3.05, 3.63) is 29.3 Å². The molecule has 0 heterocycles. The first-order valence-electron chi connectivity index (χ1n) is 6.64. The van der Waals surface area contributed by atoms with Gasteiger partial charge in [0.2, 0.25) is 0 Å². The summed E-state index contributed by atoms with van der Waals surface area (Å²) in [7, 11) is -4.96. The van der Waals surface area contributed by atoms with Crippen LogP contribution in [-0.2, 0) is 19.6 Å². The number of hydrogen-bond acceptors (Lipinski definition) is 7. The minimum Gasteiger partial charge on any atom is -0.465 e. The van der Waals surface area contributed by atoms with Gasteiger partial charge >= 0.3 is 27.6 Å². The Labute approximate surface area is 141 Å². The number of ether oxygens (including phenoxy) is 2. The Hall–Kier alpha value is -2.30. The van der Waals surface area contributed by atoms with Crippen LogP contribution < -0.4 is 4.18 Å². The zero-order valence-corrected chi connectivity index (χ0v) is 14.4. The van der Waals surface area contributed by atoms with Gasteiger partial charge in [-0.25, -0.2) is 9.59 Å². The predicted molar refractivity (Wildman–Crippen MR) is 78.6 cm³/mol. The molecule has 1 aromatic carbocycles. The summed E-state index contributed by atoms with van der Waals surface area (Å²) in [5.41, 5.74) is -7.61. The van der Waals surface area contributed by atoms with Crippen molar-refractivity contribution in [2.75, 3.05) is 7.11 Å². The summed E-state index contributed by atoms with van der Waals surface area (Å²) in [6.07, 6.45) is 0. The molecule has 0 aliphatic rings. The van der Waals surface area contributed by atoms with Crippen LogP contribution in [-0.4, -0.2) is 38.6 Å². The van der Waals surface area contributed by atoms with Crippen LogP contribution in [0.5, 0.6) is 5.75 Å². The minimum atomic E-state index is -6.01. The van der Waals surface area contributed by atoms with Crippen molar-refractivity contribution in [2.24, 2.45) is 0 Å². The lowest BCUT2D eigenvalue weighted by Gasteiger charge is -2.20. The predicted octanol–water partition coefficient (Wildman–Crippen LogP) is 2.66. The quantitative estimate of drug-likeness (QED) is 0.447. The Bertz CT molecular complexity index is 777. The lowest BCUT2D eigenvalue weighted by Crippen LogP contribution is -2.29. The van der Waals surface area contributed by atoms with Gasteiger partial charge in [0, 0.05) is 0 Å². The van der Waals surface area contributed by atoms with Crippen molar-refractivity contribution in [3.63, 3.8) is 0 Å². The largest absolute Gasteiger partial charge is 0.534 e. The van der Waals surface area contributed by atoms with E-state index < -0.39 is 44.5 Å². The number of hydrogen-bond donors (Lipinski definition) is 0. The molecule has 0 spiro atoms. The molecule has 0 bridgehead atoms. The second kappa shape index (κ2) is 6.90. The van der Waals surface area contributed by atoms with E-state index in [1.807, 2.05) is 0 Å². The number of halogens is 3. The molecule has 0 aliphatic heterocycles. The number of carbonyl (C=O) groups excluding carboxylic acids is 2. The van der Waals surface area contributed by atoms with Crippen LogP contribution in [0.1, 0.15) is 41.5 Å². The first-order chi connectivity index (χ1) is 11.2. The van der Waals surface area contributed by atoms with Crippen LogP contribution >= 0.6 is 0 Å². The molecule has 0 aromatic heterocycles. The molecule has 0 amide bonds. The zero-order chi connectivity index (χ0) is 19.6. The first kappa shape index (κ1) is 20.7. The Morgan fingerprint density at radius 3 is 2.04 bits per heavy atom.